The monoisotopic (exact) mass is 460 g/mol. The fraction of sp³-hybridized carbons (Fsp3) is 0.308. The number of benzene rings is 2. The number of aryl methyl sites for hydroxylation is 1. The molecule has 0 radical (unpaired) electrons. The number of hydrogen-bond donors (Lipinski definition) is 0. The van der Waals surface area contributed by atoms with Crippen LogP contribution in [0.15, 0.2) is 60.7 Å². The lowest BCUT2D eigenvalue weighted by Crippen LogP contribution is -2.51. The molecule has 0 aliphatic carbocycles. The second-order valence-electron chi connectivity index (χ2n) is 8.32. The Morgan fingerprint density at radius 3 is 2.00 bits per heavy atom. The number of para-hydroxylation sites is 2. The third kappa shape index (κ3) is 4.71. The summed E-state index contributed by atoms with van der Waals surface area (Å²) in [6.45, 7) is 7.32. The van der Waals surface area contributed by atoms with Crippen LogP contribution in [0.25, 0.3) is 5.69 Å². The highest BCUT2D eigenvalue weighted by molar-refractivity contribution is 6.41. The zero-order chi connectivity index (χ0) is 24.2. The number of ketones is 1. The summed E-state index contributed by atoms with van der Waals surface area (Å²) in [4.78, 5) is 42.3. The fourth-order valence-corrected chi connectivity index (χ4v) is 4.24. The number of nitrogens with zero attached hydrogens (tertiary/aromatic N) is 4. The molecule has 1 unspecified atom stereocenters. The Morgan fingerprint density at radius 1 is 0.853 bits per heavy atom. The highest BCUT2D eigenvalue weighted by Crippen LogP contribution is 2.20. The standard InChI is InChI=1S/C26H28N4O4/c1-18-23(19(2)30(27-18)22-12-8-5-9-13-22)24(31)26(33)34-20(3)25(32)29-16-14-28(15-17-29)21-10-6-4-7-11-21/h4-13,20H,14-17H2,1-3H3. The lowest BCUT2D eigenvalue weighted by atomic mass is 10.1. The smallest absolute Gasteiger partial charge is 0.380 e. The van der Waals surface area contributed by atoms with Crippen molar-refractivity contribution >= 4 is 23.3 Å². The molecule has 1 fully saturated rings. The molecule has 4 rings (SSSR count). The Bertz CT molecular complexity index is 1180. The first kappa shape index (κ1) is 23.2. The first-order valence-electron chi connectivity index (χ1n) is 11.3. The van der Waals surface area contributed by atoms with E-state index in [1.807, 2.05) is 60.7 Å². The quantitative estimate of drug-likeness (QED) is 0.320. The lowest BCUT2D eigenvalue weighted by Gasteiger charge is -2.36. The first-order chi connectivity index (χ1) is 16.4. The van der Waals surface area contributed by atoms with Crippen molar-refractivity contribution in [3.63, 3.8) is 0 Å². The molecule has 1 aromatic heterocycles. The number of esters is 1. The minimum absolute atomic E-state index is 0.199. The van der Waals surface area contributed by atoms with E-state index in [4.69, 9.17) is 4.74 Å². The van der Waals surface area contributed by atoms with Crippen LogP contribution in [0.5, 0.6) is 0 Å². The molecule has 176 valence electrons. The van der Waals surface area contributed by atoms with Gasteiger partial charge in [0.25, 0.3) is 11.7 Å². The van der Waals surface area contributed by atoms with Crippen molar-refractivity contribution in [2.24, 2.45) is 0 Å². The number of carbonyl (C=O) groups is 3. The molecule has 2 aromatic carbocycles. The summed E-state index contributed by atoms with van der Waals surface area (Å²) in [5.41, 5.74) is 3.07. The van der Waals surface area contributed by atoms with Crippen LogP contribution in [-0.2, 0) is 14.3 Å². The zero-order valence-electron chi connectivity index (χ0n) is 19.6. The summed E-state index contributed by atoms with van der Waals surface area (Å²) in [7, 11) is 0. The van der Waals surface area contributed by atoms with E-state index in [1.165, 1.54) is 6.92 Å². The third-order valence-electron chi connectivity index (χ3n) is 6.05. The normalized spacial score (nSPS) is 14.6. The number of hydrogen-bond acceptors (Lipinski definition) is 6. The summed E-state index contributed by atoms with van der Waals surface area (Å²) in [5, 5.41) is 4.41. The number of piperazine rings is 1. The molecule has 2 heterocycles. The van der Waals surface area contributed by atoms with Crippen LogP contribution in [0, 0.1) is 13.8 Å². The molecular formula is C26H28N4O4. The van der Waals surface area contributed by atoms with E-state index in [1.54, 1.807) is 23.4 Å². The van der Waals surface area contributed by atoms with Gasteiger partial charge in [-0.05, 0) is 45.0 Å². The predicted octanol–water partition coefficient (Wildman–Crippen LogP) is 2.95. The molecule has 1 aliphatic rings. The molecule has 8 heteroatoms. The third-order valence-corrected chi connectivity index (χ3v) is 6.05. The SMILES string of the molecule is Cc1nn(-c2ccccc2)c(C)c1C(=O)C(=O)OC(C)C(=O)N1CCN(c2ccccc2)CC1. The zero-order valence-corrected chi connectivity index (χ0v) is 19.6. The lowest BCUT2D eigenvalue weighted by molar-refractivity contribution is -0.155. The number of amides is 1. The first-order valence-corrected chi connectivity index (χ1v) is 11.3. The Balaban J connectivity index is 1.38. The molecule has 8 nitrogen and oxygen atoms in total. The van der Waals surface area contributed by atoms with E-state index >= 15 is 0 Å². The van der Waals surface area contributed by atoms with Crippen LogP contribution >= 0.6 is 0 Å². The van der Waals surface area contributed by atoms with Crippen molar-refractivity contribution in [1.82, 2.24) is 14.7 Å². The summed E-state index contributed by atoms with van der Waals surface area (Å²) in [6.07, 6.45) is -1.05. The van der Waals surface area contributed by atoms with Crippen molar-refractivity contribution < 1.29 is 19.1 Å². The molecule has 1 amide bonds. The maximum atomic E-state index is 12.9. The van der Waals surface area contributed by atoms with E-state index < -0.39 is 17.9 Å². The minimum Gasteiger partial charge on any atom is -0.447 e. The van der Waals surface area contributed by atoms with E-state index in [2.05, 4.69) is 10.00 Å². The fourth-order valence-electron chi connectivity index (χ4n) is 4.24. The van der Waals surface area contributed by atoms with Gasteiger partial charge in [-0.2, -0.15) is 5.10 Å². The molecule has 1 aliphatic heterocycles. The number of aromatic nitrogens is 2. The average molecular weight is 461 g/mol. The highest BCUT2D eigenvalue weighted by Gasteiger charge is 2.31. The van der Waals surface area contributed by atoms with Gasteiger partial charge >= 0.3 is 5.97 Å². The van der Waals surface area contributed by atoms with Gasteiger partial charge in [0.2, 0.25) is 0 Å². The average Bonchev–Trinajstić information content (AvgIpc) is 3.17. The van der Waals surface area contributed by atoms with Crippen molar-refractivity contribution in [3.05, 3.63) is 77.6 Å². The maximum absolute atomic E-state index is 12.9. The van der Waals surface area contributed by atoms with Gasteiger partial charge in [0.05, 0.1) is 22.6 Å². The van der Waals surface area contributed by atoms with Crippen molar-refractivity contribution in [2.45, 2.75) is 26.9 Å². The molecule has 0 bridgehead atoms. The number of ether oxygens (including phenoxy) is 1. The second kappa shape index (κ2) is 9.91. The molecule has 34 heavy (non-hydrogen) atoms. The van der Waals surface area contributed by atoms with Crippen molar-refractivity contribution in [1.29, 1.82) is 0 Å². The van der Waals surface area contributed by atoms with E-state index in [0.29, 0.717) is 37.6 Å². The predicted molar refractivity (Wildman–Crippen MR) is 128 cm³/mol. The van der Waals surface area contributed by atoms with Gasteiger partial charge in [-0.25, -0.2) is 9.48 Å². The molecule has 1 atom stereocenters. The van der Waals surface area contributed by atoms with Crippen molar-refractivity contribution in [3.8, 4) is 5.69 Å². The van der Waals surface area contributed by atoms with Gasteiger partial charge in [-0.3, -0.25) is 9.59 Å². The topological polar surface area (TPSA) is 84.7 Å². The number of Topliss-reactive ketones (excluding diaryl/α,β-unsaturated/α-hetero) is 1. The van der Waals surface area contributed by atoms with Gasteiger partial charge < -0.3 is 14.5 Å². The molecule has 0 N–H and O–H groups in total. The van der Waals surface area contributed by atoms with Crippen LogP contribution in [0.1, 0.15) is 28.7 Å². The van der Waals surface area contributed by atoms with Crippen LogP contribution in [0.3, 0.4) is 0 Å². The van der Waals surface area contributed by atoms with Gasteiger partial charge in [-0.1, -0.05) is 36.4 Å². The second-order valence-corrected chi connectivity index (χ2v) is 8.32. The molecule has 1 saturated heterocycles. The van der Waals surface area contributed by atoms with E-state index in [9.17, 15) is 14.4 Å². The van der Waals surface area contributed by atoms with Crippen LogP contribution < -0.4 is 4.90 Å². The highest BCUT2D eigenvalue weighted by atomic mass is 16.6. The van der Waals surface area contributed by atoms with Gasteiger partial charge in [0.15, 0.2) is 6.10 Å². The van der Waals surface area contributed by atoms with Gasteiger partial charge in [-0.15, -0.1) is 0 Å². The van der Waals surface area contributed by atoms with Crippen LogP contribution in [-0.4, -0.2) is 64.6 Å². The van der Waals surface area contributed by atoms with E-state index in [0.717, 1.165) is 11.4 Å². The number of anilines is 1. The largest absolute Gasteiger partial charge is 0.447 e. The van der Waals surface area contributed by atoms with Crippen LogP contribution in [0.2, 0.25) is 0 Å². The molecular weight excluding hydrogens is 432 g/mol. The number of rotatable bonds is 6. The molecule has 3 aromatic rings. The Kier molecular flexibility index (Phi) is 6.77. The van der Waals surface area contributed by atoms with E-state index in [-0.39, 0.29) is 11.5 Å². The van der Waals surface area contributed by atoms with Crippen molar-refractivity contribution in [2.75, 3.05) is 31.1 Å². The number of carbonyl (C=O) groups excluding carboxylic acids is 3. The minimum atomic E-state index is -1.05. The molecule has 0 saturated carbocycles. The Labute approximate surface area is 198 Å². The van der Waals surface area contributed by atoms with Gasteiger partial charge in [0.1, 0.15) is 0 Å². The van der Waals surface area contributed by atoms with Gasteiger partial charge in [0, 0.05) is 31.9 Å². The molecule has 0 spiro atoms. The van der Waals surface area contributed by atoms with Crippen LogP contribution in [0.4, 0.5) is 5.69 Å². The Hall–Kier alpha value is -3.94. The summed E-state index contributed by atoms with van der Waals surface area (Å²) < 4.78 is 6.91. The summed E-state index contributed by atoms with van der Waals surface area (Å²) >= 11 is 0. The summed E-state index contributed by atoms with van der Waals surface area (Å²) in [5.74, 6) is -2.16. The maximum Gasteiger partial charge on any atom is 0.380 e. The summed E-state index contributed by atoms with van der Waals surface area (Å²) in [6, 6.07) is 19.4. The Morgan fingerprint density at radius 2 is 1.41 bits per heavy atom.